The molecule has 0 aromatic heterocycles. The van der Waals surface area contributed by atoms with Gasteiger partial charge in [-0.3, -0.25) is 4.79 Å². The minimum Gasteiger partial charge on any atom is -0.313 e. The lowest BCUT2D eigenvalue weighted by atomic mass is 9.96. The third kappa shape index (κ3) is 1.32. The predicted molar refractivity (Wildman–Crippen MR) is 43.4 cm³/mol. The molecular weight excluding hydrogens is 138 g/mol. The highest BCUT2D eigenvalue weighted by atomic mass is 16.1. The van der Waals surface area contributed by atoms with Gasteiger partial charge in [-0.2, -0.15) is 0 Å². The van der Waals surface area contributed by atoms with Crippen LogP contribution in [0.4, 0.5) is 0 Å². The zero-order valence-corrected chi connectivity index (χ0v) is 6.81. The van der Waals surface area contributed by atoms with Crippen LogP contribution >= 0.6 is 0 Å². The van der Waals surface area contributed by atoms with Crippen LogP contribution in [0.3, 0.4) is 0 Å². The number of nitrogens with one attached hydrogen (secondary N) is 1. The van der Waals surface area contributed by atoms with Gasteiger partial charge in [0.25, 0.3) is 0 Å². The molecule has 0 aromatic rings. The third-order valence-electron chi connectivity index (χ3n) is 2.94. The van der Waals surface area contributed by atoms with Gasteiger partial charge >= 0.3 is 0 Å². The van der Waals surface area contributed by atoms with Crippen LogP contribution < -0.4 is 5.32 Å². The Labute approximate surface area is 67.4 Å². The van der Waals surface area contributed by atoms with Crippen LogP contribution in [0.15, 0.2) is 0 Å². The number of rotatable bonds is 1. The van der Waals surface area contributed by atoms with Crippen molar-refractivity contribution in [2.24, 2.45) is 5.92 Å². The Morgan fingerprint density at radius 1 is 1.27 bits per heavy atom. The number of carbonyl (C=O) groups is 1. The van der Waals surface area contributed by atoms with Gasteiger partial charge in [0, 0.05) is 18.4 Å². The SMILES string of the molecule is O=C1CCC[C@H]1[C@@H]1CCCN1. The lowest BCUT2D eigenvalue weighted by Crippen LogP contribution is -2.32. The van der Waals surface area contributed by atoms with Crippen LogP contribution in [0.5, 0.6) is 0 Å². The molecular formula is C9H15NO. The summed E-state index contributed by atoms with van der Waals surface area (Å²) in [7, 11) is 0. The van der Waals surface area contributed by atoms with Crippen molar-refractivity contribution in [2.45, 2.75) is 38.1 Å². The molecule has 1 saturated heterocycles. The summed E-state index contributed by atoms with van der Waals surface area (Å²) >= 11 is 0. The smallest absolute Gasteiger partial charge is 0.137 e. The molecule has 11 heavy (non-hydrogen) atoms. The maximum absolute atomic E-state index is 11.3. The monoisotopic (exact) mass is 153 g/mol. The van der Waals surface area contributed by atoms with Crippen molar-refractivity contribution >= 4 is 5.78 Å². The summed E-state index contributed by atoms with van der Waals surface area (Å²) in [6, 6.07) is 0.532. The molecule has 0 unspecified atom stereocenters. The first-order chi connectivity index (χ1) is 5.38. The Morgan fingerprint density at radius 3 is 2.73 bits per heavy atom. The zero-order valence-electron chi connectivity index (χ0n) is 6.81. The van der Waals surface area contributed by atoms with Gasteiger partial charge in [0.15, 0.2) is 0 Å². The average molecular weight is 153 g/mol. The Kier molecular flexibility index (Phi) is 1.95. The highest BCUT2D eigenvalue weighted by Gasteiger charge is 2.33. The highest BCUT2D eigenvalue weighted by molar-refractivity contribution is 5.83. The minimum atomic E-state index is 0.373. The van der Waals surface area contributed by atoms with Gasteiger partial charge in [-0.1, -0.05) is 0 Å². The molecule has 2 nitrogen and oxygen atoms in total. The summed E-state index contributed by atoms with van der Waals surface area (Å²) < 4.78 is 0. The summed E-state index contributed by atoms with van der Waals surface area (Å²) in [5, 5.41) is 3.41. The molecule has 1 aliphatic carbocycles. The van der Waals surface area contributed by atoms with Crippen LogP contribution in [0, 0.1) is 5.92 Å². The van der Waals surface area contributed by atoms with E-state index in [2.05, 4.69) is 5.32 Å². The Hall–Kier alpha value is -0.370. The molecule has 1 N–H and O–H groups in total. The molecule has 1 heterocycles. The van der Waals surface area contributed by atoms with E-state index in [-0.39, 0.29) is 0 Å². The normalized spacial score (nSPS) is 38.4. The summed E-state index contributed by atoms with van der Waals surface area (Å²) in [4.78, 5) is 11.3. The first-order valence-corrected chi connectivity index (χ1v) is 4.64. The van der Waals surface area contributed by atoms with Crippen molar-refractivity contribution in [1.82, 2.24) is 5.32 Å². The van der Waals surface area contributed by atoms with E-state index >= 15 is 0 Å². The van der Waals surface area contributed by atoms with Crippen LogP contribution in [0.2, 0.25) is 0 Å². The fourth-order valence-electron chi connectivity index (χ4n) is 2.32. The van der Waals surface area contributed by atoms with Crippen LogP contribution in [0.25, 0.3) is 0 Å². The van der Waals surface area contributed by atoms with E-state index in [1.54, 1.807) is 0 Å². The first kappa shape index (κ1) is 7.29. The number of hydrogen-bond donors (Lipinski definition) is 1. The maximum Gasteiger partial charge on any atom is 0.137 e. The van der Waals surface area contributed by atoms with Crippen molar-refractivity contribution in [3.63, 3.8) is 0 Å². The van der Waals surface area contributed by atoms with Crippen molar-refractivity contribution < 1.29 is 4.79 Å². The van der Waals surface area contributed by atoms with Gasteiger partial charge in [0.2, 0.25) is 0 Å². The van der Waals surface area contributed by atoms with Crippen LogP contribution in [-0.2, 0) is 4.79 Å². The van der Waals surface area contributed by atoms with E-state index in [0.29, 0.717) is 17.7 Å². The van der Waals surface area contributed by atoms with E-state index in [0.717, 1.165) is 25.8 Å². The summed E-state index contributed by atoms with van der Waals surface area (Å²) in [5.41, 5.74) is 0. The van der Waals surface area contributed by atoms with Crippen LogP contribution in [-0.4, -0.2) is 18.4 Å². The minimum absolute atomic E-state index is 0.373. The van der Waals surface area contributed by atoms with Crippen molar-refractivity contribution in [3.05, 3.63) is 0 Å². The van der Waals surface area contributed by atoms with Crippen molar-refractivity contribution in [3.8, 4) is 0 Å². The molecule has 0 bridgehead atoms. The second-order valence-corrected chi connectivity index (χ2v) is 3.67. The van der Waals surface area contributed by atoms with Gasteiger partial charge in [0.1, 0.15) is 5.78 Å². The largest absolute Gasteiger partial charge is 0.313 e. The molecule has 62 valence electrons. The van der Waals surface area contributed by atoms with Gasteiger partial charge in [-0.05, 0) is 32.2 Å². The molecule has 1 saturated carbocycles. The molecule has 0 aromatic carbocycles. The predicted octanol–water partition coefficient (Wildman–Crippen LogP) is 1.11. The highest BCUT2D eigenvalue weighted by Crippen LogP contribution is 2.28. The second-order valence-electron chi connectivity index (χ2n) is 3.67. The standard InChI is InChI=1S/C9H15NO/c11-9-5-1-3-7(9)8-4-2-6-10-8/h7-8,10H,1-6H2/t7-,8-/m0/s1. The molecule has 0 amide bonds. The number of hydrogen-bond acceptors (Lipinski definition) is 2. The topological polar surface area (TPSA) is 29.1 Å². The van der Waals surface area contributed by atoms with Gasteiger partial charge < -0.3 is 5.32 Å². The van der Waals surface area contributed by atoms with E-state index in [1.807, 2.05) is 0 Å². The molecule has 2 aliphatic rings. The van der Waals surface area contributed by atoms with Gasteiger partial charge in [0.05, 0.1) is 0 Å². The molecule has 2 atom stereocenters. The maximum atomic E-state index is 11.3. The van der Waals surface area contributed by atoms with Gasteiger partial charge in [-0.25, -0.2) is 0 Å². The Balaban J connectivity index is 1.97. The Morgan fingerprint density at radius 2 is 2.18 bits per heavy atom. The zero-order chi connectivity index (χ0) is 7.68. The summed E-state index contributed by atoms with van der Waals surface area (Å²) in [6.07, 6.45) is 5.58. The summed E-state index contributed by atoms with van der Waals surface area (Å²) in [5.74, 6) is 0.877. The van der Waals surface area contributed by atoms with E-state index in [1.165, 1.54) is 12.8 Å². The third-order valence-corrected chi connectivity index (χ3v) is 2.94. The van der Waals surface area contributed by atoms with E-state index in [4.69, 9.17) is 0 Å². The first-order valence-electron chi connectivity index (χ1n) is 4.64. The molecule has 1 aliphatic heterocycles. The number of carbonyl (C=O) groups excluding carboxylic acids is 1. The molecule has 0 radical (unpaired) electrons. The van der Waals surface area contributed by atoms with E-state index < -0.39 is 0 Å². The fourth-order valence-corrected chi connectivity index (χ4v) is 2.32. The summed E-state index contributed by atoms with van der Waals surface area (Å²) in [6.45, 7) is 1.12. The molecule has 2 fully saturated rings. The van der Waals surface area contributed by atoms with E-state index in [9.17, 15) is 4.79 Å². The average Bonchev–Trinajstić information content (AvgIpc) is 2.55. The molecule has 2 heteroatoms. The Bertz CT molecular complexity index is 161. The fraction of sp³-hybridized carbons (Fsp3) is 0.889. The molecule has 2 rings (SSSR count). The van der Waals surface area contributed by atoms with Crippen LogP contribution in [0.1, 0.15) is 32.1 Å². The second kappa shape index (κ2) is 2.94. The lowest BCUT2D eigenvalue weighted by molar-refractivity contribution is -0.121. The lowest BCUT2D eigenvalue weighted by Gasteiger charge is -2.15. The molecule has 0 spiro atoms. The number of Topliss-reactive ketones (excluding diaryl/α,β-unsaturated/α-hetero) is 1. The van der Waals surface area contributed by atoms with Crippen molar-refractivity contribution in [1.29, 1.82) is 0 Å². The number of ketones is 1. The quantitative estimate of drug-likeness (QED) is 0.611. The van der Waals surface area contributed by atoms with Crippen molar-refractivity contribution in [2.75, 3.05) is 6.54 Å². The van der Waals surface area contributed by atoms with Gasteiger partial charge in [-0.15, -0.1) is 0 Å².